The summed E-state index contributed by atoms with van der Waals surface area (Å²) >= 11 is 6.24. The molecule has 0 N–H and O–H groups in total. The molecular weight excluding hydrogens is 228 g/mol. The lowest BCUT2D eigenvalue weighted by atomic mass is 9.97. The van der Waals surface area contributed by atoms with Crippen LogP contribution in [0.3, 0.4) is 0 Å². The van der Waals surface area contributed by atoms with E-state index in [1.54, 1.807) is 6.07 Å². The minimum atomic E-state index is 0.170. The molecule has 0 amide bonds. The molecule has 0 saturated carbocycles. The minimum absolute atomic E-state index is 0.170. The summed E-state index contributed by atoms with van der Waals surface area (Å²) in [6.07, 6.45) is 0.805. The van der Waals surface area contributed by atoms with Crippen molar-refractivity contribution in [2.45, 2.75) is 19.8 Å². The number of rotatable bonds is 2. The van der Waals surface area contributed by atoms with Gasteiger partial charge in [0.05, 0.1) is 5.02 Å². The number of aldehydes is 1. The van der Waals surface area contributed by atoms with Crippen molar-refractivity contribution in [1.29, 1.82) is 0 Å². The number of hydrogen-bond donors (Lipinski definition) is 0. The van der Waals surface area contributed by atoms with Crippen LogP contribution in [0.15, 0.2) is 6.07 Å². The van der Waals surface area contributed by atoms with Gasteiger partial charge in [-0.3, -0.25) is 4.79 Å². The van der Waals surface area contributed by atoms with Crippen LogP contribution in [0, 0.1) is 0 Å². The number of carbonyl (C=O) groups excluding carboxylic acids is 1. The number of ether oxygens (including phenoxy) is 2. The highest BCUT2D eigenvalue weighted by atomic mass is 35.5. The van der Waals surface area contributed by atoms with Crippen LogP contribution in [0.25, 0.3) is 0 Å². The molecule has 3 nitrogen and oxygen atoms in total. The lowest BCUT2D eigenvalue weighted by Crippen LogP contribution is -2.17. The number of benzene rings is 1. The summed E-state index contributed by atoms with van der Waals surface area (Å²) in [6.45, 7) is 4.96. The lowest BCUT2D eigenvalue weighted by Gasteiger charge is -2.23. The van der Waals surface area contributed by atoms with Crippen LogP contribution < -0.4 is 9.47 Å². The van der Waals surface area contributed by atoms with Crippen molar-refractivity contribution in [1.82, 2.24) is 0 Å². The maximum Gasteiger partial charge on any atom is 0.180 e. The molecular formula is C12H13ClO3. The maximum atomic E-state index is 11.0. The predicted octanol–water partition coefficient (Wildman–Crippen LogP) is 3.05. The standard InChI is InChI=1S/C12H13ClO3/c1-7(2)10-8(6-14)5-9-12(11(10)13)16-4-3-15-9/h5-7H,3-4H2,1-2H3. The summed E-state index contributed by atoms with van der Waals surface area (Å²) in [4.78, 5) is 11.0. The van der Waals surface area contributed by atoms with Gasteiger partial charge in [-0.05, 0) is 17.5 Å². The fraction of sp³-hybridized carbons (Fsp3) is 0.417. The molecule has 1 aromatic rings. The average molecular weight is 241 g/mol. The number of fused-ring (bicyclic) bond motifs is 1. The zero-order valence-electron chi connectivity index (χ0n) is 9.25. The van der Waals surface area contributed by atoms with Gasteiger partial charge >= 0.3 is 0 Å². The van der Waals surface area contributed by atoms with Gasteiger partial charge in [0, 0.05) is 5.56 Å². The molecule has 0 unspecified atom stereocenters. The van der Waals surface area contributed by atoms with E-state index in [-0.39, 0.29) is 5.92 Å². The summed E-state index contributed by atoms with van der Waals surface area (Å²) in [7, 11) is 0. The van der Waals surface area contributed by atoms with Crippen LogP contribution >= 0.6 is 11.6 Å². The third kappa shape index (κ3) is 1.76. The van der Waals surface area contributed by atoms with Crippen molar-refractivity contribution in [2.24, 2.45) is 0 Å². The first-order valence-corrected chi connectivity index (χ1v) is 5.60. The first-order valence-electron chi connectivity index (χ1n) is 5.22. The highest BCUT2D eigenvalue weighted by Gasteiger charge is 2.22. The second-order valence-corrected chi connectivity index (χ2v) is 4.37. The predicted molar refractivity (Wildman–Crippen MR) is 61.9 cm³/mol. The Kier molecular flexibility index (Phi) is 3.06. The van der Waals surface area contributed by atoms with Crippen molar-refractivity contribution < 1.29 is 14.3 Å². The van der Waals surface area contributed by atoms with E-state index in [0.717, 1.165) is 11.8 Å². The van der Waals surface area contributed by atoms with E-state index >= 15 is 0 Å². The Hall–Kier alpha value is -1.22. The van der Waals surface area contributed by atoms with E-state index in [9.17, 15) is 4.79 Å². The fourth-order valence-electron chi connectivity index (χ4n) is 1.86. The Labute approximate surface area is 99.3 Å². The number of hydrogen-bond acceptors (Lipinski definition) is 3. The Bertz CT molecular complexity index is 427. The molecule has 1 heterocycles. The van der Waals surface area contributed by atoms with Crippen molar-refractivity contribution in [2.75, 3.05) is 13.2 Å². The third-order valence-corrected chi connectivity index (χ3v) is 2.92. The topological polar surface area (TPSA) is 35.5 Å². The average Bonchev–Trinajstić information content (AvgIpc) is 2.28. The van der Waals surface area contributed by atoms with E-state index in [0.29, 0.717) is 35.3 Å². The Morgan fingerprint density at radius 1 is 1.38 bits per heavy atom. The molecule has 1 aliphatic rings. The minimum Gasteiger partial charge on any atom is -0.486 e. The molecule has 1 aromatic carbocycles. The molecule has 4 heteroatoms. The van der Waals surface area contributed by atoms with Gasteiger partial charge < -0.3 is 9.47 Å². The van der Waals surface area contributed by atoms with Crippen molar-refractivity contribution in [3.63, 3.8) is 0 Å². The number of halogens is 1. The number of carbonyl (C=O) groups is 1. The maximum absolute atomic E-state index is 11.0. The molecule has 0 saturated heterocycles. The van der Waals surface area contributed by atoms with Gasteiger partial charge in [0.15, 0.2) is 17.8 Å². The van der Waals surface area contributed by atoms with E-state index in [2.05, 4.69) is 0 Å². The van der Waals surface area contributed by atoms with Gasteiger partial charge in [-0.1, -0.05) is 25.4 Å². The monoisotopic (exact) mass is 240 g/mol. The molecule has 16 heavy (non-hydrogen) atoms. The van der Waals surface area contributed by atoms with Gasteiger partial charge in [0.2, 0.25) is 0 Å². The summed E-state index contributed by atoms with van der Waals surface area (Å²) in [5, 5.41) is 0.495. The van der Waals surface area contributed by atoms with Crippen LogP contribution in [-0.2, 0) is 0 Å². The van der Waals surface area contributed by atoms with Gasteiger partial charge in [0.25, 0.3) is 0 Å². The smallest absolute Gasteiger partial charge is 0.180 e. The SMILES string of the molecule is CC(C)c1c(C=O)cc2c(c1Cl)OCCO2. The van der Waals surface area contributed by atoms with Crippen molar-refractivity contribution in [3.05, 3.63) is 22.2 Å². The highest BCUT2D eigenvalue weighted by Crippen LogP contribution is 2.43. The van der Waals surface area contributed by atoms with Crippen LogP contribution in [-0.4, -0.2) is 19.5 Å². The van der Waals surface area contributed by atoms with Gasteiger partial charge in [-0.25, -0.2) is 0 Å². The summed E-state index contributed by atoms with van der Waals surface area (Å²) < 4.78 is 10.9. The van der Waals surface area contributed by atoms with E-state index in [4.69, 9.17) is 21.1 Å². The molecule has 0 spiro atoms. The molecule has 0 bridgehead atoms. The molecule has 0 atom stereocenters. The van der Waals surface area contributed by atoms with E-state index in [1.807, 2.05) is 13.8 Å². The van der Waals surface area contributed by atoms with Crippen molar-refractivity contribution in [3.8, 4) is 11.5 Å². The van der Waals surface area contributed by atoms with Crippen LogP contribution in [0.5, 0.6) is 11.5 Å². The molecule has 2 rings (SSSR count). The molecule has 86 valence electrons. The Morgan fingerprint density at radius 2 is 2.06 bits per heavy atom. The van der Waals surface area contributed by atoms with E-state index < -0.39 is 0 Å². The molecule has 0 fully saturated rings. The van der Waals surface area contributed by atoms with Gasteiger partial charge in [-0.15, -0.1) is 0 Å². The van der Waals surface area contributed by atoms with Crippen molar-refractivity contribution >= 4 is 17.9 Å². The molecule has 0 radical (unpaired) electrons. The third-order valence-electron chi connectivity index (χ3n) is 2.55. The first kappa shape index (κ1) is 11.3. The van der Waals surface area contributed by atoms with Crippen LogP contribution in [0.4, 0.5) is 0 Å². The first-order chi connectivity index (χ1) is 7.65. The second-order valence-electron chi connectivity index (χ2n) is 3.99. The lowest BCUT2D eigenvalue weighted by molar-refractivity contribution is 0.112. The summed E-state index contributed by atoms with van der Waals surface area (Å²) in [5.74, 6) is 1.29. The van der Waals surface area contributed by atoms with Gasteiger partial charge in [0.1, 0.15) is 13.2 Å². The normalized spacial score (nSPS) is 14.0. The van der Waals surface area contributed by atoms with Crippen LogP contribution in [0.2, 0.25) is 5.02 Å². The second kappa shape index (κ2) is 4.34. The summed E-state index contributed by atoms with van der Waals surface area (Å²) in [6, 6.07) is 1.70. The molecule has 0 aromatic heterocycles. The largest absolute Gasteiger partial charge is 0.486 e. The Balaban J connectivity index is 2.64. The molecule has 1 aliphatic heterocycles. The molecule has 0 aliphatic carbocycles. The zero-order chi connectivity index (χ0) is 11.7. The summed E-state index contributed by atoms with van der Waals surface area (Å²) in [5.41, 5.74) is 1.39. The van der Waals surface area contributed by atoms with Gasteiger partial charge in [-0.2, -0.15) is 0 Å². The highest BCUT2D eigenvalue weighted by molar-refractivity contribution is 6.33. The van der Waals surface area contributed by atoms with Crippen LogP contribution in [0.1, 0.15) is 35.7 Å². The zero-order valence-corrected chi connectivity index (χ0v) is 10.0. The quantitative estimate of drug-likeness (QED) is 0.746. The Morgan fingerprint density at radius 3 is 2.69 bits per heavy atom. The van der Waals surface area contributed by atoms with E-state index in [1.165, 1.54) is 0 Å². The fourth-order valence-corrected chi connectivity index (χ4v) is 2.34.